The normalized spacial score (nSPS) is 15.5. The van der Waals surface area contributed by atoms with E-state index in [-0.39, 0.29) is 24.1 Å². The van der Waals surface area contributed by atoms with E-state index in [2.05, 4.69) is 10.1 Å². The molecule has 3 aromatic rings. The second-order valence-corrected chi connectivity index (χ2v) is 6.99. The second-order valence-electron chi connectivity index (χ2n) is 6.99. The van der Waals surface area contributed by atoms with Crippen molar-refractivity contribution < 1.29 is 13.7 Å². The zero-order chi connectivity index (χ0) is 20.2. The first-order chi connectivity index (χ1) is 14.1. The number of benzene rings is 2. The van der Waals surface area contributed by atoms with Gasteiger partial charge < -0.3 is 19.9 Å². The minimum Gasteiger partial charge on any atom is -0.378 e. The monoisotopic (exact) mass is 430 g/mol. The second kappa shape index (κ2) is 9.73. The van der Waals surface area contributed by atoms with Crippen molar-refractivity contribution in [1.82, 2.24) is 10.1 Å². The highest BCUT2D eigenvalue weighted by molar-refractivity contribution is 5.85. The van der Waals surface area contributed by atoms with Crippen LogP contribution in [-0.2, 0) is 4.74 Å². The van der Waals surface area contributed by atoms with Gasteiger partial charge in [-0.2, -0.15) is 4.99 Å². The van der Waals surface area contributed by atoms with E-state index in [1.165, 1.54) is 0 Å². The number of nitrogens with zero attached hydrogens (tertiary/aromatic N) is 3. The molecular weight excluding hydrogens is 407 g/mol. The molecule has 0 aliphatic carbocycles. The summed E-state index contributed by atoms with van der Waals surface area (Å²) in [5, 5.41) is 4.10. The summed E-state index contributed by atoms with van der Waals surface area (Å²) < 4.78 is 25.3. The molecule has 2 heterocycles. The first-order valence-electron chi connectivity index (χ1n) is 9.60. The lowest BCUT2D eigenvalue weighted by molar-refractivity contribution is 0.0675. The quantitative estimate of drug-likeness (QED) is 0.492. The summed E-state index contributed by atoms with van der Waals surface area (Å²) in [7, 11) is 0. The van der Waals surface area contributed by atoms with Crippen molar-refractivity contribution in [2.45, 2.75) is 12.8 Å². The molecule has 1 aromatic heterocycles. The Morgan fingerprint density at radius 1 is 1.13 bits per heavy atom. The van der Waals surface area contributed by atoms with Crippen LogP contribution in [0, 0.1) is 5.82 Å². The van der Waals surface area contributed by atoms with Crippen LogP contribution in [0.3, 0.4) is 0 Å². The maximum Gasteiger partial charge on any atom is 0.253 e. The molecule has 4 rings (SSSR count). The average molecular weight is 431 g/mol. The molecule has 0 spiro atoms. The van der Waals surface area contributed by atoms with Gasteiger partial charge in [0.15, 0.2) is 5.96 Å². The van der Waals surface area contributed by atoms with E-state index in [1.54, 1.807) is 18.2 Å². The smallest absolute Gasteiger partial charge is 0.253 e. The summed E-state index contributed by atoms with van der Waals surface area (Å²) >= 11 is 0. The maximum atomic E-state index is 14.7. The van der Waals surface area contributed by atoms with Crippen molar-refractivity contribution in [3.8, 4) is 11.1 Å². The van der Waals surface area contributed by atoms with Gasteiger partial charge in [-0.1, -0.05) is 54.5 Å². The average Bonchev–Trinajstić information content (AvgIpc) is 3.23. The largest absolute Gasteiger partial charge is 0.378 e. The van der Waals surface area contributed by atoms with Crippen LogP contribution in [0.25, 0.3) is 11.1 Å². The van der Waals surface area contributed by atoms with Crippen LogP contribution in [0.5, 0.6) is 0 Å². The summed E-state index contributed by atoms with van der Waals surface area (Å²) in [6.45, 7) is 4.59. The molecule has 0 bridgehead atoms. The molecule has 158 valence electrons. The van der Waals surface area contributed by atoms with Gasteiger partial charge in [0.25, 0.3) is 5.88 Å². The molecule has 8 heteroatoms. The van der Waals surface area contributed by atoms with Crippen molar-refractivity contribution in [2.24, 2.45) is 10.7 Å². The Labute approximate surface area is 180 Å². The molecular formula is C22H24ClFN4O2. The lowest BCUT2D eigenvalue weighted by Crippen LogP contribution is -2.44. The number of hydrogen-bond acceptors (Lipinski definition) is 4. The van der Waals surface area contributed by atoms with Crippen LogP contribution < -0.4 is 5.73 Å². The Balaban J connectivity index is 0.00000256. The zero-order valence-corrected chi connectivity index (χ0v) is 17.4. The molecule has 1 fully saturated rings. The number of ether oxygens (including phenoxy) is 1. The topological polar surface area (TPSA) is 76.9 Å². The summed E-state index contributed by atoms with van der Waals surface area (Å²) in [5.74, 6) is 0.296. The molecule has 1 aliphatic heterocycles. The van der Waals surface area contributed by atoms with E-state index in [1.807, 2.05) is 48.2 Å². The van der Waals surface area contributed by atoms with Gasteiger partial charge in [0.2, 0.25) is 0 Å². The zero-order valence-electron chi connectivity index (χ0n) is 16.6. The van der Waals surface area contributed by atoms with Crippen LogP contribution in [-0.4, -0.2) is 42.3 Å². The SMILES string of the molecule is CC(c1ccc(-c2ccccc2)c(F)c1)c1cc(/N=C(\N)N2CCOCC2)on1.Cl. The third-order valence-electron chi connectivity index (χ3n) is 5.10. The van der Waals surface area contributed by atoms with E-state index in [4.69, 9.17) is 15.0 Å². The summed E-state index contributed by atoms with van der Waals surface area (Å²) in [6, 6.07) is 16.5. The molecule has 1 saturated heterocycles. The number of halogens is 2. The van der Waals surface area contributed by atoms with Crippen LogP contribution in [0.15, 0.2) is 64.1 Å². The van der Waals surface area contributed by atoms with Gasteiger partial charge in [0.05, 0.1) is 18.9 Å². The Kier molecular flexibility index (Phi) is 7.07. The number of guanidine groups is 1. The molecule has 1 atom stereocenters. The van der Waals surface area contributed by atoms with Crippen LogP contribution >= 0.6 is 12.4 Å². The Bertz CT molecular complexity index is 1000. The van der Waals surface area contributed by atoms with Gasteiger partial charge in [0, 0.05) is 30.6 Å². The Morgan fingerprint density at radius 3 is 2.57 bits per heavy atom. The number of morpholine rings is 1. The highest BCUT2D eigenvalue weighted by Crippen LogP contribution is 2.30. The van der Waals surface area contributed by atoms with Gasteiger partial charge in [-0.3, -0.25) is 0 Å². The van der Waals surface area contributed by atoms with Gasteiger partial charge >= 0.3 is 0 Å². The number of aliphatic imine (C=N–C) groups is 1. The number of hydrogen-bond donors (Lipinski definition) is 1. The molecule has 0 amide bonds. The Hall–Kier alpha value is -2.90. The van der Waals surface area contributed by atoms with E-state index in [0.717, 1.165) is 11.1 Å². The minimum absolute atomic E-state index is 0. The first-order valence-corrected chi connectivity index (χ1v) is 9.60. The molecule has 1 aliphatic rings. The van der Waals surface area contributed by atoms with Crippen molar-refractivity contribution in [3.63, 3.8) is 0 Å². The first kappa shape index (κ1) is 21.8. The van der Waals surface area contributed by atoms with E-state index in [0.29, 0.717) is 49.4 Å². The van der Waals surface area contributed by atoms with Crippen LogP contribution in [0.4, 0.5) is 10.3 Å². The number of aromatic nitrogens is 1. The Morgan fingerprint density at radius 2 is 1.87 bits per heavy atom. The fourth-order valence-electron chi connectivity index (χ4n) is 3.33. The maximum absolute atomic E-state index is 14.7. The molecule has 1 unspecified atom stereocenters. The van der Waals surface area contributed by atoms with Crippen molar-refractivity contribution in [3.05, 3.63) is 71.7 Å². The summed E-state index contributed by atoms with van der Waals surface area (Å²) in [5.41, 5.74) is 8.96. The highest BCUT2D eigenvalue weighted by Gasteiger charge is 2.18. The van der Waals surface area contributed by atoms with Crippen LogP contribution in [0.1, 0.15) is 24.1 Å². The lowest BCUT2D eigenvalue weighted by atomic mass is 9.95. The standard InChI is InChI=1S/C22H23FN4O2.ClH/c1-15(17-7-8-18(19(23)13-17)16-5-3-2-4-6-16)20-14-21(29-26-20)25-22(24)27-9-11-28-12-10-27;/h2-8,13-15H,9-12H2,1H3,(H2,24,25);1H. The highest BCUT2D eigenvalue weighted by atomic mass is 35.5. The predicted octanol–water partition coefficient (Wildman–Crippen LogP) is 4.33. The van der Waals surface area contributed by atoms with Gasteiger partial charge in [-0.15, -0.1) is 12.4 Å². The van der Waals surface area contributed by atoms with E-state index >= 15 is 0 Å². The van der Waals surface area contributed by atoms with Crippen molar-refractivity contribution in [1.29, 1.82) is 0 Å². The van der Waals surface area contributed by atoms with Gasteiger partial charge in [-0.05, 0) is 17.2 Å². The third kappa shape index (κ3) is 4.80. The van der Waals surface area contributed by atoms with Gasteiger partial charge in [0.1, 0.15) is 5.82 Å². The number of rotatable bonds is 4. The van der Waals surface area contributed by atoms with E-state index in [9.17, 15) is 4.39 Å². The third-order valence-corrected chi connectivity index (χ3v) is 5.10. The fourth-order valence-corrected chi connectivity index (χ4v) is 3.33. The number of nitrogens with two attached hydrogens (primary N) is 1. The predicted molar refractivity (Wildman–Crippen MR) is 117 cm³/mol. The fraction of sp³-hybridized carbons (Fsp3) is 0.273. The molecule has 0 radical (unpaired) electrons. The van der Waals surface area contributed by atoms with E-state index < -0.39 is 0 Å². The molecule has 2 N–H and O–H groups in total. The van der Waals surface area contributed by atoms with Crippen LogP contribution in [0.2, 0.25) is 0 Å². The molecule has 30 heavy (non-hydrogen) atoms. The minimum atomic E-state index is -0.265. The van der Waals surface area contributed by atoms with Crippen molar-refractivity contribution in [2.75, 3.05) is 26.3 Å². The lowest BCUT2D eigenvalue weighted by Gasteiger charge is -2.27. The summed E-state index contributed by atoms with van der Waals surface area (Å²) in [4.78, 5) is 6.25. The summed E-state index contributed by atoms with van der Waals surface area (Å²) in [6.07, 6.45) is 0. The molecule has 6 nitrogen and oxygen atoms in total. The van der Waals surface area contributed by atoms with Crippen molar-refractivity contribution >= 4 is 24.3 Å². The molecule has 0 saturated carbocycles. The molecule has 2 aromatic carbocycles. The van der Waals surface area contributed by atoms with Gasteiger partial charge in [-0.25, -0.2) is 4.39 Å².